The minimum Gasteiger partial charge on any atom is -0.481 e. The van der Waals surface area contributed by atoms with Gasteiger partial charge in [0.1, 0.15) is 6.26 Å². The molecule has 34 heavy (non-hydrogen) atoms. The Hall–Kier alpha value is -3.12. The first-order chi connectivity index (χ1) is 16.3. The van der Waals surface area contributed by atoms with Gasteiger partial charge in [-0.3, -0.25) is 9.59 Å². The molecule has 1 fully saturated rings. The second kappa shape index (κ2) is 10.0. The Bertz CT molecular complexity index is 1180. The number of benzene rings is 2. The van der Waals surface area contributed by atoms with Crippen LogP contribution < -0.4 is 5.73 Å². The Balaban J connectivity index is 1.74. The van der Waals surface area contributed by atoms with Crippen LogP contribution in [0.4, 0.5) is 0 Å². The lowest BCUT2D eigenvalue weighted by Crippen LogP contribution is -2.37. The lowest BCUT2D eigenvalue weighted by atomic mass is 9.71. The molecule has 0 spiro atoms. The number of aryl methyl sites for hydroxylation is 2. The van der Waals surface area contributed by atoms with Gasteiger partial charge in [-0.05, 0) is 73.8 Å². The third kappa shape index (κ3) is 5.02. The SMILES string of the molecule is CC(Cc1cccc(CCc2ccc(Cl)cc2)c1-c1nc(C(N)=O)co1)(C(=O)O)C1CCCC1. The maximum atomic E-state index is 12.5. The monoisotopic (exact) mass is 480 g/mol. The molecule has 1 aromatic heterocycles. The van der Waals surface area contributed by atoms with Crippen LogP contribution in [-0.2, 0) is 24.1 Å². The highest BCUT2D eigenvalue weighted by Gasteiger charge is 2.43. The van der Waals surface area contributed by atoms with Crippen molar-refractivity contribution < 1.29 is 19.1 Å². The van der Waals surface area contributed by atoms with Crippen molar-refractivity contribution >= 4 is 23.5 Å². The molecular weight excluding hydrogens is 452 g/mol. The molecule has 1 amide bonds. The highest BCUT2D eigenvalue weighted by Crippen LogP contribution is 2.44. The molecular formula is C27H29ClN2O4. The smallest absolute Gasteiger partial charge is 0.309 e. The van der Waals surface area contributed by atoms with Crippen molar-refractivity contribution in [3.05, 3.63) is 76.1 Å². The summed E-state index contributed by atoms with van der Waals surface area (Å²) in [7, 11) is 0. The van der Waals surface area contributed by atoms with Gasteiger partial charge in [0.25, 0.3) is 5.91 Å². The van der Waals surface area contributed by atoms with Crippen LogP contribution in [0.1, 0.15) is 59.8 Å². The van der Waals surface area contributed by atoms with Crippen LogP contribution in [0.2, 0.25) is 5.02 Å². The van der Waals surface area contributed by atoms with Crippen LogP contribution in [-0.4, -0.2) is 22.0 Å². The number of hydrogen-bond acceptors (Lipinski definition) is 4. The number of nitrogens with two attached hydrogens (primary N) is 1. The molecule has 1 unspecified atom stereocenters. The number of aliphatic carboxylic acids is 1. The zero-order chi connectivity index (χ0) is 24.3. The number of amides is 1. The first kappa shape index (κ1) is 24.0. The highest BCUT2D eigenvalue weighted by molar-refractivity contribution is 6.30. The fourth-order valence-electron chi connectivity index (χ4n) is 5.07. The van der Waals surface area contributed by atoms with Gasteiger partial charge in [0.15, 0.2) is 5.69 Å². The van der Waals surface area contributed by atoms with Gasteiger partial charge in [-0.15, -0.1) is 0 Å². The first-order valence-corrected chi connectivity index (χ1v) is 12.0. The topological polar surface area (TPSA) is 106 Å². The minimum absolute atomic E-state index is 0.0465. The van der Waals surface area contributed by atoms with Crippen LogP contribution in [0, 0.1) is 11.3 Å². The van der Waals surface area contributed by atoms with Crippen LogP contribution >= 0.6 is 11.6 Å². The molecule has 3 aromatic rings. The van der Waals surface area contributed by atoms with Crippen LogP contribution in [0.5, 0.6) is 0 Å². The average molecular weight is 481 g/mol. The lowest BCUT2D eigenvalue weighted by molar-refractivity contribution is -0.151. The van der Waals surface area contributed by atoms with E-state index in [9.17, 15) is 14.7 Å². The number of aromatic nitrogens is 1. The Morgan fingerprint density at radius 2 is 1.79 bits per heavy atom. The molecule has 1 atom stereocenters. The van der Waals surface area contributed by atoms with Crippen LogP contribution in [0.15, 0.2) is 53.1 Å². The van der Waals surface area contributed by atoms with Crippen molar-refractivity contribution in [2.24, 2.45) is 17.1 Å². The molecule has 0 bridgehead atoms. The average Bonchev–Trinajstić information content (AvgIpc) is 3.51. The maximum Gasteiger partial charge on any atom is 0.309 e. The molecule has 1 heterocycles. The largest absolute Gasteiger partial charge is 0.481 e. The van der Waals surface area contributed by atoms with Gasteiger partial charge >= 0.3 is 5.97 Å². The number of halogens is 1. The third-order valence-electron chi connectivity index (χ3n) is 7.11. The number of rotatable bonds is 9. The molecule has 1 aliphatic rings. The lowest BCUT2D eigenvalue weighted by Gasteiger charge is -2.32. The first-order valence-electron chi connectivity index (χ1n) is 11.6. The van der Waals surface area contributed by atoms with Crippen LogP contribution in [0.25, 0.3) is 11.5 Å². The summed E-state index contributed by atoms with van der Waals surface area (Å²) in [6.45, 7) is 1.85. The van der Waals surface area contributed by atoms with Crippen molar-refractivity contribution in [2.75, 3.05) is 0 Å². The number of hydrogen-bond donors (Lipinski definition) is 2. The summed E-state index contributed by atoms with van der Waals surface area (Å²) in [5.74, 6) is -1.06. The summed E-state index contributed by atoms with van der Waals surface area (Å²) in [5.41, 5.74) is 8.25. The molecule has 0 aliphatic heterocycles. The quantitative estimate of drug-likeness (QED) is 0.408. The van der Waals surface area contributed by atoms with Crippen molar-refractivity contribution in [3.8, 4) is 11.5 Å². The normalized spacial score (nSPS) is 15.8. The fraction of sp³-hybridized carbons (Fsp3) is 0.370. The molecule has 0 saturated heterocycles. The van der Waals surface area contributed by atoms with Gasteiger partial charge < -0.3 is 15.3 Å². The number of carboxylic acid groups (broad SMARTS) is 1. The number of carbonyl (C=O) groups is 2. The third-order valence-corrected chi connectivity index (χ3v) is 7.36. The van der Waals surface area contributed by atoms with Gasteiger partial charge in [-0.2, -0.15) is 0 Å². The summed E-state index contributed by atoms with van der Waals surface area (Å²) >= 11 is 6.02. The zero-order valence-corrected chi connectivity index (χ0v) is 20.0. The van der Waals surface area contributed by atoms with E-state index >= 15 is 0 Å². The minimum atomic E-state index is -0.904. The number of oxazole rings is 1. The number of carboxylic acids is 1. The fourth-order valence-corrected chi connectivity index (χ4v) is 5.19. The van der Waals surface area contributed by atoms with E-state index in [0.29, 0.717) is 17.9 Å². The van der Waals surface area contributed by atoms with E-state index in [2.05, 4.69) is 4.98 Å². The highest BCUT2D eigenvalue weighted by atomic mass is 35.5. The Kier molecular flexibility index (Phi) is 7.08. The molecule has 178 valence electrons. The second-order valence-electron chi connectivity index (χ2n) is 9.36. The second-order valence-corrected chi connectivity index (χ2v) is 9.80. The number of nitrogens with zero attached hydrogens (tertiary/aromatic N) is 1. The molecule has 1 saturated carbocycles. The van der Waals surface area contributed by atoms with E-state index in [4.69, 9.17) is 21.8 Å². The zero-order valence-electron chi connectivity index (χ0n) is 19.2. The summed E-state index contributed by atoms with van der Waals surface area (Å²) in [5, 5.41) is 10.9. The van der Waals surface area contributed by atoms with Crippen molar-refractivity contribution in [3.63, 3.8) is 0 Å². The van der Waals surface area contributed by atoms with E-state index in [1.165, 1.54) is 6.26 Å². The van der Waals surface area contributed by atoms with Gasteiger partial charge in [0.05, 0.1) is 5.41 Å². The Morgan fingerprint density at radius 1 is 1.12 bits per heavy atom. The predicted molar refractivity (Wildman–Crippen MR) is 131 cm³/mol. The maximum absolute atomic E-state index is 12.5. The van der Waals surface area contributed by atoms with E-state index < -0.39 is 17.3 Å². The van der Waals surface area contributed by atoms with E-state index in [1.807, 2.05) is 49.4 Å². The van der Waals surface area contributed by atoms with E-state index in [0.717, 1.165) is 54.4 Å². The van der Waals surface area contributed by atoms with Crippen molar-refractivity contribution in [1.29, 1.82) is 0 Å². The number of carbonyl (C=O) groups excluding carboxylic acids is 1. The molecule has 7 heteroatoms. The summed E-state index contributed by atoms with van der Waals surface area (Å²) < 4.78 is 5.68. The molecule has 4 rings (SSSR count). The molecule has 3 N–H and O–H groups in total. The predicted octanol–water partition coefficient (Wildman–Crippen LogP) is 5.70. The van der Waals surface area contributed by atoms with Crippen molar-refractivity contribution in [1.82, 2.24) is 4.98 Å². The molecule has 0 radical (unpaired) electrons. The molecule has 2 aromatic carbocycles. The number of primary amides is 1. The Morgan fingerprint density at radius 3 is 2.41 bits per heavy atom. The van der Waals surface area contributed by atoms with Gasteiger partial charge in [0.2, 0.25) is 5.89 Å². The Labute approximate surface area is 204 Å². The molecule has 6 nitrogen and oxygen atoms in total. The summed E-state index contributed by atoms with van der Waals surface area (Å²) in [6, 6.07) is 13.6. The summed E-state index contributed by atoms with van der Waals surface area (Å²) in [4.78, 5) is 28.5. The molecule has 1 aliphatic carbocycles. The van der Waals surface area contributed by atoms with Gasteiger partial charge in [-0.1, -0.05) is 54.8 Å². The standard InChI is InChI=1S/C27H29ClN2O4/c1-27(26(32)33,20-7-2-3-8-20)15-19-6-4-5-18(12-9-17-10-13-21(28)14-11-17)23(19)25-30-22(16-34-25)24(29)31/h4-6,10-11,13-14,16,20H,2-3,7-9,12,15H2,1H3,(H2,29,31)(H,32,33). The van der Waals surface area contributed by atoms with Crippen molar-refractivity contribution in [2.45, 2.75) is 51.9 Å². The van der Waals surface area contributed by atoms with Gasteiger partial charge in [-0.25, -0.2) is 4.98 Å². The van der Waals surface area contributed by atoms with Gasteiger partial charge in [0, 0.05) is 10.6 Å². The van der Waals surface area contributed by atoms with E-state index in [-0.39, 0.29) is 17.5 Å². The summed E-state index contributed by atoms with van der Waals surface area (Å²) in [6.07, 6.45) is 7.00. The van der Waals surface area contributed by atoms with E-state index in [1.54, 1.807) is 0 Å². The van der Waals surface area contributed by atoms with Crippen LogP contribution in [0.3, 0.4) is 0 Å².